The average Bonchev–Trinajstić information content (AvgIpc) is 2.84. The van der Waals surface area contributed by atoms with E-state index >= 15 is 0 Å². The van der Waals surface area contributed by atoms with Crippen LogP contribution in [0.5, 0.6) is 5.75 Å². The van der Waals surface area contributed by atoms with Gasteiger partial charge in [0.05, 0.1) is 0 Å². The lowest BCUT2D eigenvalue weighted by molar-refractivity contribution is -0.274. The molecule has 7 nitrogen and oxygen atoms in total. The van der Waals surface area contributed by atoms with Crippen LogP contribution in [0.3, 0.4) is 0 Å². The third-order valence-corrected chi connectivity index (χ3v) is 4.75. The molecule has 0 bridgehead atoms. The second kappa shape index (κ2) is 7.93. The fraction of sp³-hybridized carbons (Fsp3) is 0.286. The molecule has 0 aromatic heterocycles. The Morgan fingerprint density at radius 1 is 1.10 bits per heavy atom. The Kier molecular flexibility index (Phi) is 5.66. The van der Waals surface area contributed by atoms with Gasteiger partial charge >= 0.3 is 12.4 Å². The Bertz CT molecular complexity index is 1020. The molecule has 1 aliphatic rings. The summed E-state index contributed by atoms with van der Waals surface area (Å²) >= 11 is 0. The fourth-order valence-corrected chi connectivity index (χ4v) is 3.42. The highest BCUT2D eigenvalue weighted by molar-refractivity contribution is 6.10. The first-order valence-corrected chi connectivity index (χ1v) is 9.26. The average molecular weight is 435 g/mol. The normalized spacial score (nSPS) is 18.7. The number of hydrogen-bond donors (Lipinski definition) is 2. The van der Waals surface area contributed by atoms with Gasteiger partial charge in [0, 0.05) is 5.69 Å². The zero-order chi connectivity index (χ0) is 23.0. The number of imide groups is 1. The number of ether oxygens (including phenoxy) is 1. The van der Waals surface area contributed by atoms with Gasteiger partial charge in [0.2, 0.25) is 5.91 Å². The van der Waals surface area contributed by atoms with Crippen molar-refractivity contribution < 1.29 is 32.3 Å². The van der Waals surface area contributed by atoms with Gasteiger partial charge in [0.1, 0.15) is 17.8 Å². The summed E-state index contributed by atoms with van der Waals surface area (Å²) in [7, 11) is 0. The smallest absolute Gasteiger partial charge is 0.406 e. The van der Waals surface area contributed by atoms with E-state index in [0.29, 0.717) is 5.69 Å². The number of urea groups is 1. The molecule has 10 heteroatoms. The third-order valence-electron chi connectivity index (χ3n) is 4.75. The van der Waals surface area contributed by atoms with Crippen molar-refractivity contribution in [2.24, 2.45) is 0 Å². The molecule has 31 heavy (non-hydrogen) atoms. The number of halogens is 3. The van der Waals surface area contributed by atoms with Crippen molar-refractivity contribution in [3.8, 4) is 5.75 Å². The SMILES string of the molecule is Cc1cc(C)cc(NC(=O)CN2C(=O)NC(C)(c3ccc(OC(F)(F)F)cc3)C2=O)c1. The third kappa shape index (κ3) is 4.96. The minimum absolute atomic E-state index is 0.248. The highest BCUT2D eigenvalue weighted by Crippen LogP contribution is 2.31. The van der Waals surface area contributed by atoms with E-state index in [4.69, 9.17) is 0 Å². The molecule has 1 heterocycles. The van der Waals surface area contributed by atoms with Crippen LogP contribution in [0.1, 0.15) is 23.6 Å². The molecule has 2 N–H and O–H groups in total. The molecule has 1 saturated heterocycles. The molecule has 1 atom stereocenters. The predicted octanol–water partition coefficient (Wildman–Crippen LogP) is 3.61. The van der Waals surface area contributed by atoms with Crippen molar-refractivity contribution in [2.75, 3.05) is 11.9 Å². The van der Waals surface area contributed by atoms with E-state index in [1.807, 2.05) is 19.9 Å². The van der Waals surface area contributed by atoms with Crippen molar-refractivity contribution >= 4 is 23.5 Å². The van der Waals surface area contributed by atoms with Crippen LogP contribution < -0.4 is 15.4 Å². The summed E-state index contributed by atoms with van der Waals surface area (Å²) in [5, 5.41) is 5.15. The maximum atomic E-state index is 12.9. The van der Waals surface area contributed by atoms with Crippen molar-refractivity contribution in [3.05, 3.63) is 59.2 Å². The maximum absolute atomic E-state index is 12.9. The van der Waals surface area contributed by atoms with Gasteiger partial charge in [-0.15, -0.1) is 13.2 Å². The number of nitrogens with one attached hydrogen (secondary N) is 2. The van der Waals surface area contributed by atoms with Crippen LogP contribution >= 0.6 is 0 Å². The van der Waals surface area contributed by atoms with Crippen molar-refractivity contribution in [3.63, 3.8) is 0 Å². The summed E-state index contributed by atoms with van der Waals surface area (Å²) in [4.78, 5) is 38.4. The topological polar surface area (TPSA) is 87.7 Å². The highest BCUT2D eigenvalue weighted by Gasteiger charge is 2.49. The van der Waals surface area contributed by atoms with E-state index in [-0.39, 0.29) is 5.56 Å². The van der Waals surface area contributed by atoms with Crippen molar-refractivity contribution in [1.82, 2.24) is 10.2 Å². The first-order chi connectivity index (χ1) is 14.4. The van der Waals surface area contributed by atoms with Crippen LogP contribution in [-0.4, -0.2) is 35.7 Å². The zero-order valence-electron chi connectivity index (χ0n) is 17.0. The van der Waals surface area contributed by atoms with Crippen LogP contribution in [0.25, 0.3) is 0 Å². The molecule has 0 radical (unpaired) electrons. The summed E-state index contributed by atoms with van der Waals surface area (Å²) in [6, 6.07) is 9.25. The first-order valence-electron chi connectivity index (χ1n) is 9.26. The van der Waals surface area contributed by atoms with Crippen LogP contribution in [0.4, 0.5) is 23.7 Å². The lowest BCUT2D eigenvalue weighted by Gasteiger charge is -2.22. The van der Waals surface area contributed by atoms with Crippen LogP contribution in [0, 0.1) is 13.8 Å². The molecular formula is C21H20F3N3O4. The molecular weight excluding hydrogens is 415 g/mol. The number of alkyl halides is 3. The van der Waals surface area contributed by atoms with E-state index < -0.39 is 42.0 Å². The van der Waals surface area contributed by atoms with Crippen molar-refractivity contribution in [1.29, 1.82) is 0 Å². The molecule has 164 valence electrons. The number of hydrogen-bond acceptors (Lipinski definition) is 4. The molecule has 2 aromatic carbocycles. The molecule has 1 unspecified atom stereocenters. The number of carbonyl (C=O) groups excluding carboxylic acids is 3. The standard InChI is InChI=1S/C21H20F3N3O4/c1-12-8-13(2)10-15(9-12)25-17(28)11-27-18(29)20(3,26-19(27)30)14-4-6-16(7-5-14)31-21(22,23)24/h4-10H,11H2,1-3H3,(H,25,28)(H,26,30). The first kappa shape index (κ1) is 22.1. The molecule has 0 spiro atoms. The van der Waals surface area contributed by atoms with Crippen LogP contribution in [0.2, 0.25) is 0 Å². The Labute approximate surface area is 176 Å². The van der Waals surface area contributed by atoms with Gasteiger partial charge < -0.3 is 15.4 Å². The molecule has 0 saturated carbocycles. The molecule has 1 fully saturated rings. The predicted molar refractivity (Wildman–Crippen MR) is 105 cm³/mol. The summed E-state index contributed by atoms with van der Waals surface area (Å²) in [6.45, 7) is 4.64. The highest BCUT2D eigenvalue weighted by atomic mass is 19.4. The lowest BCUT2D eigenvalue weighted by atomic mass is 9.92. The van der Waals surface area contributed by atoms with Gasteiger partial charge in [-0.25, -0.2) is 4.79 Å². The number of anilines is 1. The van der Waals surface area contributed by atoms with Gasteiger partial charge in [-0.05, 0) is 61.7 Å². The summed E-state index contributed by atoms with van der Waals surface area (Å²) in [6.07, 6.45) is -4.84. The van der Waals surface area contributed by atoms with Gasteiger partial charge in [-0.1, -0.05) is 18.2 Å². The van der Waals surface area contributed by atoms with Gasteiger partial charge in [0.25, 0.3) is 5.91 Å². The van der Waals surface area contributed by atoms with E-state index in [1.54, 1.807) is 12.1 Å². The number of rotatable bonds is 5. The quantitative estimate of drug-likeness (QED) is 0.703. The van der Waals surface area contributed by atoms with Crippen LogP contribution in [0.15, 0.2) is 42.5 Å². The molecule has 2 aromatic rings. The summed E-state index contributed by atoms with van der Waals surface area (Å²) < 4.78 is 40.8. The maximum Gasteiger partial charge on any atom is 0.573 e. The Morgan fingerprint density at radius 3 is 2.23 bits per heavy atom. The van der Waals surface area contributed by atoms with E-state index in [0.717, 1.165) is 28.2 Å². The molecule has 3 rings (SSSR count). The van der Waals surface area contributed by atoms with Crippen LogP contribution in [-0.2, 0) is 15.1 Å². The molecule has 1 aliphatic heterocycles. The van der Waals surface area contributed by atoms with Crippen molar-refractivity contribution in [2.45, 2.75) is 32.7 Å². The second-order valence-electron chi connectivity index (χ2n) is 7.44. The largest absolute Gasteiger partial charge is 0.573 e. The minimum Gasteiger partial charge on any atom is -0.406 e. The molecule has 0 aliphatic carbocycles. The number of benzene rings is 2. The van der Waals surface area contributed by atoms with Gasteiger partial charge in [0.15, 0.2) is 0 Å². The summed E-state index contributed by atoms with van der Waals surface area (Å²) in [5.41, 5.74) is 1.13. The van der Waals surface area contributed by atoms with Gasteiger partial charge in [-0.2, -0.15) is 0 Å². The Balaban J connectivity index is 1.73. The number of amides is 4. The molecule has 4 amide bonds. The Hall–Kier alpha value is -3.56. The lowest BCUT2D eigenvalue weighted by Crippen LogP contribution is -2.42. The minimum atomic E-state index is -4.84. The fourth-order valence-electron chi connectivity index (χ4n) is 3.42. The monoisotopic (exact) mass is 435 g/mol. The zero-order valence-corrected chi connectivity index (χ0v) is 17.0. The van der Waals surface area contributed by atoms with Gasteiger partial charge in [-0.3, -0.25) is 14.5 Å². The number of aryl methyl sites for hydroxylation is 2. The number of nitrogens with zero attached hydrogens (tertiary/aromatic N) is 1. The second-order valence-corrected chi connectivity index (χ2v) is 7.44. The number of carbonyl (C=O) groups is 3. The Morgan fingerprint density at radius 2 is 1.68 bits per heavy atom. The van der Waals surface area contributed by atoms with E-state index in [1.165, 1.54) is 19.1 Å². The summed E-state index contributed by atoms with van der Waals surface area (Å²) in [5.74, 6) is -1.72. The van der Waals surface area contributed by atoms with E-state index in [9.17, 15) is 27.6 Å². The van der Waals surface area contributed by atoms with E-state index in [2.05, 4.69) is 15.4 Å².